The van der Waals surface area contributed by atoms with Crippen LogP contribution < -0.4 is 0 Å². The van der Waals surface area contributed by atoms with Gasteiger partial charge >= 0.3 is 0 Å². The Morgan fingerprint density at radius 2 is 1.97 bits per heavy atom. The van der Waals surface area contributed by atoms with Gasteiger partial charge in [0.25, 0.3) is 5.91 Å². The molecule has 0 unspecified atom stereocenters. The first-order chi connectivity index (χ1) is 14.6. The Hall–Kier alpha value is -2.09. The number of amides is 1. The van der Waals surface area contributed by atoms with Crippen molar-refractivity contribution in [3.63, 3.8) is 0 Å². The van der Waals surface area contributed by atoms with Crippen molar-refractivity contribution in [1.82, 2.24) is 4.90 Å². The molecular weight excluding hydrogens is 464 g/mol. The summed E-state index contributed by atoms with van der Waals surface area (Å²) in [7, 11) is -3.28. The first-order valence-corrected chi connectivity index (χ1v) is 12.3. The quantitative estimate of drug-likeness (QED) is 0.503. The van der Waals surface area contributed by atoms with E-state index in [0.29, 0.717) is 21.6 Å². The molecule has 1 atom stereocenters. The van der Waals surface area contributed by atoms with Gasteiger partial charge in [0.05, 0.1) is 18.1 Å². The Morgan fingerprint density at radius 1 is 1.23 bits per heavy atom. The Balaban J connectivity index is 1.79. The third kappa shape index (κ3) is 4.19. The first-order valence-electron chi connectivity index (χ1n) is 9.71. The van der Waals surface area contributed by atoms with E-state index in [1.54, 1.807) is 19.1 Å². The predicted octanol–water partition coefficient (Wildman–Crippen LogP) is 5.33. The van der Waals surface area contributed by atoms with E-state index in [2.05, 4.69) is 0 Å². The lowest BCUT2D eigenvalue weighted by Crippen LogP contribution is -2.41. The minimum Gasteiger partial charge on any atom is -0.451 e. The molecule has 1 fully saturated rings. The van der Waals surface area contributed by atoms with Crippen LogP contribution in [-0.2, 0) is 16.4 Å². The lowest BCUT2D eigenvalue weighted by Gasteiger charge is -2.28. The molecule has 4 rings (SSSR count). The van der Waals surface area contributed by atoms with Gasteiger partial charge in [0.2, 0.25) is 0 Å². The average Bonchev–Trinajstić information content (AvgIpc) is 3.21. The molecule has 2 heterocycles. The summed E-state index contributed by atoms with van der Waals surface area (Å²) in [5.41, 5.74) is 2.03. The van der Waals surface area contributed by atoms with Crippen LogP contribution in [0.1, 0.15) is 33.7 Å². The number of rotatable bonds is 4. The Labute approximate surface area is 189 Å². The van der Waals surface area contributed by atoms with E-state index in [0.717, 1.165) is 5.56 Å². The zero-order valence-electron chi connectivity index (χ0n) is 16.9. The van der Waals surface area contributed by atoms with Gasteiger partial charge in [-0.05, 0) is 50.1 Å². The molecule has 0 N–H and O–H groups in total. The van der Waals surface area contributed by atoms with Gasteiger partial charge in [0, 0.05) is 32.6 Å². The number of sulfone groups is 1. The van der Waals surface area contributed by atoms with E-state index in [1.165, 1.54) is 23.1 Å². The Bertz CT molecular complexity index is 1280. The van der Waals surface area contributed by atoms with Crippen molar-refractivity contribution in [1.29, 1.82) is 0 Å². The number of halogens is 3. The van der Waals surface area contributed by atoms with Gasteiger partial charge in [-0.15, -0.1) is 0 Å². The second-order valence-corrected chi connectivity index (χ2v) is 10.9. The van der Waals surface area contributed by atoms with Crippen molar-refractivity contribution < 1.29 is 22.0 Å². The highest BCUT2D eigenvalue weighted by molar-refractivity contribution is 7.91. The molecule has 1 saturated heterocycles. The number of hydrogen-bond donors (Lipinski definition) is 0. The van der Waals surface area contributed by atoms with Crippen LogP contribution in [0.3, 0.4) is 0 Å². The van der Waals surface area contributed by atoms with Gasteiger partial charge in [-0.1, -0.05) is 29.3 Å². The zero-order chi connectivity index (χ0) is 22.5. The molecule has 0 bridgehead atoms. The largest absolute Gasteiger partial charge is 0.451 e. The second kappa shape index (κ2) is 8.11. The fraction of sp³-hybridized carbons (Fsp3) is 0.318. The number of nitrogens with zero attached hydrogens (tertiary/aromatic N) is 1. The van der Waals surface area contributed by atoms with E-state index >= 15 is 0 Å². The summed E-state index contributed by atoms with van der Waals surface area (Å²) >= 11 is 12.4. The Morgan fingerprint density at radius 3 is 2.61 bits per heavy atom. The van der Waals surface area contributed by atoms with Crippen molar-refractivity contribution in [3.8, 4) is 0 Å². The van der Waals surface area contributed by atoms with Crippen LogP contribution in [0.4, 0.5) is 4.39 Å². The van der Waals surface area contributed by atoms with E-state index in [-0.39, 0.29) is 40.8 Å². The molecule has 0 saturated carbocycles. The van der Waals surface area contributed by atoms with Crippen molar-refractivity contribution in [3.05, 3.63) is 68.6 Å². The molecule has 0 aliphatic carbocycles. The van der Waals surface area contributed by atoms with E-state index in [4.69, 9.17) is 27.6 Å². The van der Waals surface area contributed by atoms with Crippen molar-refractivity contribution in [2.75, 3.05) is 11.5 Å². The molecule has 1 aliphatic rings. The van der Waals surface area contributed by atoms with Crippen molar-refractivity contribution in [2.24, 2.45) is 0 Å². The Kier molecular flexibility index (Phi) is 5.79. The highest BCUT2D eigenvalue weighted by atomic mass is 35.5. The number of hydrogen-bond acceptors (Lipinski definition) is 4. The van der Waals surface area contributed by atoms with Crippen LogP contribution in [-0.4, -0.2) is 36.8 Å². The summed E-state index contributed by atoms with van der Waals surface area (Å²) in [5, 5.41) is 1.41. The molecule has 1 aliphatic heterocycles. The molecule has 0 spiro atoms. The molecule has 31 heavy (non-hydrogen) atoms. The molecular formula is C22H20Cl2FNO4S. The summed E-state index contributed by atoms with van der Waals surface area (Å²) in [4.78, 5) is 14.9. The van der Waals surface area contributed by atoms with E-state index in [9.17, 15) is 17.6 Å². The van der Waals surface area contributed by atoms with Gasteiger partial charge in [-0.3, -0.25) is 4.79 Å². The maximum atomic E-state index is 14.5. The summed E-state index contributed by atoms with van der Waals surface area (Å²) in [6, 6.07) is 7.14. The summed E-state index contributed by atoms with van der Waals surface area (Å²) in [6.07, 6.45) is 0.268. The standard InChI is InChI=1S/C22H20Cl2FNO4S/c1-12-8-20-15(9-18(12)24)13(2)21(30-20)22(27)26(14-6-7-31(28,29)11-14)10-16-17(23)4-3-5-19(16)25/h3-5,8-9,14H,6-7,10-11H2,1-2H3/t14-/m1/s1. The zero-order valence-corrected chi connectivity index (χ0v) is 19.2. The fourth-order valence-corrected chi connectivity index (χ4v) is 6.03. The number of carbonyl (C=O) groups is 1. The maximum Gasteiger partial charge on any atom is 0.290 e. The molecule has 1 amide bonds. The molecule has 5 nitrogen and oxygen atoms in total. The maximum absolute atomic E-state index is 14.5. The SMILES string of the molecule is Cc1cc2oc(C(=O)N(Cc3c(F)cccc3Cl)[C@@H]3CCS(=O)(=O)C3)c(C)c2cc1Cl. The monoisotopic (exact) mass is 483 g/mol. The summed E-state index contributed by atoms with van der Waals surface area (Å²) in [6.45, 7) is 3.40. The highest BCUT2D eigenvalue weighted by Crippen LogP contribution is 2.33. The number of benzene rings is 2. The first kappa shape index (κ1) is 22.1. The van der Waals surface area contributed by atoms with Crippen LogP contribution >= 0.6 is 23.2 Å². The van der Waals surface area contributed by atoms with Gasteiger partial charge in [-0.25, -0.2) is 12.8 Å². The number of carbonyl (C=O) groups excluding carboxylic acids is 1. The fourth-order valence-electron chi connectivity index (χ4n) is 3.92. The summed E-state index contributed by atoms with van der Waals surface area (Å²) in [5.74, 6) is -1.21. The minimum absolute atomic E-state index is 0.0274. The lowest BCUT2D eigenvalue weighted by molar-refractivity contribution is 0.0647. The molecule has 0 radical (unpaired) electrons. The average molecular weight is 484 g/mol. The normalized spacial score (nSPS) is 17.9. The molecule has 3 aromatic rings. The van der Waals surface area contributed by atoms with Crippen molar-refractivity contribution in [2.45, 2.75) is 32.9 Å². The van der Waals surface area contributed by atoms with Crippen LogP contribution in [0.15, 0.2) is 34.7 Å². The van der Waals surface area contributed by atoms with Gasteiger partial charge in [0.1, 0.15) is 11.4 Å². The predicted molar refractivity (Wildman–Crippen MR) is 119 cm³/mol. The molecule has 9 heteroatoms. The lowest BCUT2D eigenvalue weighted by atomic mass is 10.1. The second-order valence-electron chi connectivity index (χ2n) is 7.84. The van der Waals surface area contributed by atoms with Crippen LogP contribution in [0.5, 0.6) is 0 Å². The van der Waals surface area contributed by atoms with Gasteiger partial charge in [-0.2, -0.15) is 0 Å². The molecule has 2 aromatic carbocycles. The summed E-state index contributed by atoms with van der Waals surface area (Å²) < 4.78 is 44.5. The van der Waals surface area contributed by atoms with Crippen LogP contribution in [0.2, 0.25) is 10.0 Å². The molecule has 164 valence electrons. The van der Waals surface area contributed by atoms with Crippen LogP contribution in [0, 0.1) is 19.7 Å². The third-order valence-corrected chi connectivity index (χ3v) is 8.22. The van der Waals surface area contributed by atoms with Crippen molar-refractivity contribution >= 4 is 49.9 Å². The third-order valence-electron chi connectivity index (χ3n) is 5.71. The van der Waals surface area contributed by atoms with Crippen LogP contribution in [0.25, 0.3) is 11.0 Å². The van der Waals surface area contributed by atoms with E-state index in [1.807, 2.05) is 6.92 Å². The highest BCUT2D eigenvalue weighted by Gasteiger charge is 2.37. The number of fused-ring (bicyclic) bond motifs is 1. The van der Waals surface area contributed by atoms with Gasteiger partial charge < -0.3 is 9.32 Å². The smallest absolute Gasteiger partial charge is 0.290 e. The van der Waals surface area contributed by atoms with E-state index < -0.39 is 27.6 Å². The number of aryl methyl sites for hydroxylation is 2. The topological polar surface area (TPSA) is 67.6 Å². The molecule has 1 aromatic heterocycles. The number of furan rings is 1. The van der Waals surface area contributed by atoms with Gasteiger partial charge in [0.15, 0.2) is 15.6 Å². The minimum atomic E-state index is -3.28.